The highest BCUT2D eigenvalue weighted by molar-refractivity contribution is 9.10. The summed E-state index contributed by atoms with van der Waals surface area (Å²) in [5.41, 5.74) is -1.03. The van der Waals surface area contributed by atoms with E-state index in [2.05, 4.69) is 26.6 Å². The van der Waals surface area contributed by atoms with Crippen LogP contribution < -0.4 is 10.6 Å². The standard InChI is InChI=1S/C18H26BrN3O6/c1-11(7-5-6-8-20-17(25)28-18(2,3)4)21-15-13(16(23)24)9-12(19)10-14(15)22(26)27/h9-11,21H,5-8H2,1-4H3,(H,20,25)(H,23,24). The number of ether oxygens (including phenoxy) is 1. The van der Waals surface area contributed by atoms with Crippen molar-refractivity contribution in [1.82, 2.24) is 5.32 Å². The molecule has 1 atom stereocenters. The Hall–Kier alpha value is -2.36. The Balaban J connectivity index is 2.60. The summed E-state index contributed by atoms with van der Waals surface area (Å²) < 4.78 is 5.46. The Morgan fingerprint density at radius 2 is 1.96 bits per heavy atom. The number of hydrogen-bond acceptors (Lipinski definition) is 6. The van der Waals surface area contributed by atoms with Crippen molar-refractivity contribution in [3.8, 4) is 0 Å². The molecule has 1 rings (SSSR count). The van der Waals surface area contributed by atoms with Crippen LogP contribution in [0, 0.1) is 10.1 Å². The van der Waals surface area contributed by atoms with E-state index in [0.717, 1.165) is 6.42 Å². The lowest BCUT2D eigenvalue weighted by Crippen LogP contribution is -2.33. The van der Waals surface area contributed by atoms with Gasteiger partial charge in [0.05, 0.1) is 10.5 Å². The minimum atomic E-state index is -1.25. The number of nitrogens with one attached hydrogen (secondary N) is 2. The van der Waals surface area contributed by atoms with Gasteiger partial charge in [-0.2, -0.15) is 0 Å². The maximum Gasteiger partial charge on any atom is 0.407 e. The van der Waals surface area contributed by atoms with Crippen LogP contribution in [0.3, 0.4) is 0 Å². The van der Waals surface area contributed by atoms with Crippen molar-refractivity contribution in [3.63, 3.8) is 0 Å². The molecule has 28 heavy (non-hydrogen) atoms. The number of nitrogens with zero attached hydrogens (tertiary/aromatic N) is 1. The number of aromatic carboxylic acids is 1. The van der Waals surface area contributed by atoms with Crippen LogP contribution in [0.15, 0.2) is 16.6 Å². The van der Waals surface area contributed by atoms with Gasteiger partial charge in [-0.25, -0.2) is 9.59 Å². The fourth-order valence-electron chi connectivity index (χ4n) is 2.46. The zero-order valence-corrected chi connectivity index (χ0v) is 18.0. The van der Waals surface area contributed by atoms with E-state index >= 15 is 0 Å². The van der Waals surface area contributed by atoms with Crippen LogP contribution in [0.25, 0.3) is 0 Å². The quantitative estimate of drug-likeness (QED) is 0.280. The monoisotopic (exact) mass is 459 g/mol. The number of halogens is 1. The first-order chi connectivity index (χ1) is 12.9. The molecule has 1 aromatic rings. The molecule has 0 fully saturated rings. The lowest BCUT2D eigenvalue weighted by Gasteiger charge is -2.20. The third kappa shape index (κ3) is 8.12. The van der Waals surface area contributed by atoms with Gasteiger partial charge in [0, 0.05) is 23.1 Å². The first kappa shape index (κ1) is 23.7. The molecule has 1 unspecified atom stereocenters. The van der Waals surface area contributed by atoms with Crippen LogP contribution in [0.5, 0.6) is 0 Å². The van der Waals surface area contributed by atoms with E-state index in [1.165, 1.54) is 12.1 Å². The van der Waals surface area contributed by atoms with Gasteiger partial charge >= 0.3 is 12.1 Å². The summed E-state index contributed by atoms with van der Waals surface area (Å²) in [5.74, 6) is -1.25. The highest BCUT2D eigenvalue weighted by atomic mass is 79.9. The summed E-state index contributed by atoms with van der Waals surface area (Å²) in [7, 11) is 0. The van der Waals surface area contributed by atoms with Gasteiger partial charge in [0.1, 0.15) is 11.3 Å². The summed E-state index contributed by atoms with van der Waals surface area (Å²) in [6, 6.07) is 2.40. The molecule has 10 heteroatoms. The largest absolute Gasteiger partial charge is 0.478 e. The van der Waals surface area contributed by atoms with Crippen LogP contribution in [-0.2, 0) is 4.74 Å². The lowest BCUT2D eigenvalue weighted by molar-refractivity contribution is -0.384. The second-order valence-corrected chi connectivity index (χ2v) is 8.30. The molecule has 9 nitrogen and oxygen atoms in total. The number of carbonyl (C=O) groups is 2. The molecule has 0 saturated carbocycles. The van der Waals surface area contributed by atoms with Gasteiger partial charge in [-0.15, -0.1) is 0 Å². The molecule has 0 aliphatic carbocycles. The fourth-order valence-corrected chi connectivity index (χ4v) is 2.90. The third-order valence-electron chi connectivity index (χ3n) is 3.63. The summed E-state index contributed by atoms with van der Waals surface area (Å²) in [6.07, 6.45) is 1.59. The van der Waals surface area contributed by atoms with Gasteiger partial charge in [0.2, 0.25) is 0 Å². The molecule has 0 heterocycles. The number of hydrogen-bond donors (Lipinski definition) is 3. The predicted molar refractivity (Wildman–Crippen MR) is 109 cm³/mol. The van der Waals surface area contributed by atoms with Crippen molar-refractivity contribution in [2.45, 2.75) is 58.6 Å². The van der Waals surface area contributed by atoms with Gasteiger partial charge in [-0.3, -0.25) is 10.1 Å². The number of carboxylic acid groups (broad SMARTS) is 1. The number of carboxylic acids is 1. The van der Waals surface area contributed by atoms with E-state index in [-0.39, 0.29) is 23.0 Å². The van der Waals surface area contributed by atoms with Gasteiger partial charge in [-0.1, -0.05) is 15.9 Å². The Labute approximate surface area is 172 Å². The van der Waals surface area contributed by atoms with E-state index < -0.39 is 22.6 Å². The molecule has 0 aliphatic rings. The fraction of sp³-hybridized carbons (Fsp3) is 0.556. The number of nitro groups is 1. The minimum absolute atomic E-state index is 0.0138. The second kappa shape index (κ2) is 10.3. The number of nitro benzene ring substituents is 1. The zero-order valence-electron chi connectivity index (χ0n) is 16.4. The SMILES string of the molecule is CC(CCCCNC(=O)OC(C)(C)C)Nc1c(C(=O)O)cc(Br)cc1[N+](=O)[O-]. The highest BCUT2D eigenvalue weighted by Gasteiger charge is 2.24. The van der Waals surface area contributed by atoms with Crippen LogP contribution in [-0.4, -0.2) is 40.3 Å². The average Bonchev–Trinajstić information content (AvgIpc) is 2.53. The van der Waals surface area contributed by atoms with Gasteiger partial charge in [0.25, 0.3) is 5.69 Å². The number of benzene rings is 1. The number of unbranched alkanes of at least 4 members (excludes halogenated alkanes) is 1. The summed E-state index contributed by atoms with van der Waals surface area (Å²) in [4.78, 5) is 33.7. The molecular weight excluding hydrogens is 434 g/mol. The molecule has 0 aliphatic heterocycles. The third-order valence-corrected chi connectivity index (χ3v) is 4.09. The maximum absolute atomic E-state index is 11.6. The number of alkyl carbamates (subject to hydrolysis) is 1. The Kier molecular flexibility index (Phi) is 8.67. The summed E-state index contributed by atoms with van der Waals surface area (Å²) in [5, 5.41) is 26.3. The first-order valence-electron chi connectivity index (χ1n) is 8.85. The Bertz CT molecular complexity index is 698. The smallest absolute Gasteiger partial charge is 0.407 e. The van der Waals surface area contributed by atoms with Crippen LogP contribution in [0.2, 0.25) is 0 Å². The van der Waals surface area contributed by atoms with Gasteiger partial charge < -0.3 is 20.5 Å². The van der Waals surface area contributed by atoms with Crippen LogP contribution >= 0.6 is 15.9 Å². The number of anilines is 1. The molecule has 1 amide bonds. The topological polar surface area (TPSA) is 131 Å². The molecule has 0 aromatic heterocycles. The number of amides is 1. The minimum Gasteiger partial charge on any atom is -0.478 e. The van der Waals surface area contributed by atoms with E-state index in [4.69, 9.17) is 4.74 Å². The van der Waals surface area contributed by atoms with Crippen molar-refractivity contribution in [1.29, 1.82) is 0 Å². The van der Waals surface area contributed by atoms with Crippen molar-refractivity contribution in [2.75, 3.05) is 11.9 Å². The molecule has 0 radical (unpaired) electrons. The molecular formula is C18H26BrN3O6. The van der Waals surface area contributed by atoms with Crippen molar-refractivity contribution < 1.29 is 24.4 Å². The van der Waals surface area contributed by atoms with Gasteiger partial charge in [-0.05, 0) is 53.0 Å². The summed E-state index contributed by atoms with van der Waals surface area (Å²) in [6.45, 7) is 7.62. The van der Waals surface area contributed by atoms with Crippen LogP contribution in [0.4, 0.5) is 16.2 Å². The van der Waals surface area contributed by atoms with E-state index in [1.807, 2.05) is 6.92 Å². The van der Waals surface area contributed by atoms with E-state index in [9.17, 15) is 24.8 Å². The molecule has 1 aromatic carbocycles. The number of carbonyl (C=O) groups excluding carboxylic acids is 1. The van der Waals surface area contributed by atoms with Crippen molar-refractivity contribution >= 4 is 39.4 Å². The molecule has 156 valence electrons. The van der Waals surface area contributed by atoms with Crippen molar-refractivity contribution in [3.05, 3.63) is 32.3 Å². The normalized spacial score (nSPS) is 12.2. The Morgan fingerprint density at radius 3 is 2.50 bits per heavy atom. The second-order valence-electron chi connectivity index (χ2n) is 7.38. The lowest BCUT2D eigenvalue weighted by atomic mass is 10.1. The summed E-state index contributed by atoms with van der Waals surface area (Å²) >= 11 is 3.10. The predicted octanol–water partition coefficient (Wildman–Crippen LogP) is 4.55. The van der Waals surface area contributed by atoms with Gasteiger partial charge in [0.15, 0.2) is 0 Å². The molecule has 0 spiro atoms. The van der Waals surface area contributed by atoms with Crippen LogP contribution in [0.1, 0.15) is 57.3 Å². The maximum atomic E-state index is 11.6. The van der Waals surface area contributed by atoms with Crippen molar-refractivity contribution in [2.24, 2.45) is 0 Å². The highest BCUT2D eigenvalue weighted by Crippen LogP contribution is 2.33. The average molecular weight is 460 g/mol. The van der Waals surface area contributed by atoms with E-state index in [0.29, 0.717) is 23.9 Å². The number of rotatable bonds is 9. The first-order valence-corrected chi connectivity index (χ1v) is 9.64. The molecule has 0 saturated heterocycles. The Morgan fingerprint density at radius 1 is 1.32 bits per heavy atom. The zero-order chi connectivity index (χ0) is 21.5. The molecule has 3 N–H and O–H groups in total. The van der Waals surface area contributed by atoms with E-state index in [1.54, 1.807) is 20.8 Å². The molecule has 0 bridgehead atoms.